The van der Waals surface area contributed by atoms with E-state index >= 15 is 0 Å². The smallest absolute Gasteiger partial charge is 0.120 e. The Bertz CT molecular complexity index is 398. The molecular formula is C17H24O. The number of benzene rings is 1. The minimum atomic E-state index is -0.145. The van der Waals surface area contributed by atoms with Gasteiger partial charge in [-0.15, -0.1) is 0 Å². The van der Waals surface area contributed by atoms with Gasteiger partial charge in [0.1, 0.15) is 11.4 Å². The summed E-state index contributed by atoms with van der Waals surface area (Å²) in [5.74, 6) is 7.30. The van der Waals surface area contributed by atoms with Crippen LogP contribution in [0, 0.1) is 11.8 Å². The summed E-state index contributed by atoms with van der Waals surface area (Å²) in [5, 5.41) is 0. The Kier molecular flexibility index (Phi) is 5.78. The van der Waals surface area contributed by atoms with Crippen molar-refractivity contribution < 1.29 is 4.74 Å². The quantitative estimate of drug-likeness (QED) is 0.546. The Morgan fingerprint density at radius 3 is 2.28 bits per heavy atom. The lowest BCUT2D eigenvalue weighted by Crippen LogP contribution is -2.22. The second kappa shape index (κ2) is 7.11. The van der Waals surface area contributed by atoms with Crippen LogP contribution in [0.15, 0.2) is 24.3 Å². The maximum atomic E-state index is 5.77. The van der Waals surface area contributed by atoms with Crippen molar-refractivity contribution >= 4 is 0 Å². The van der Waals surface area contributed by atoms with Crippen LogP contribution in [0.1, 0.15) is 58.9 Å². The molecule has 0 heterocycles. The number of hydrogen-bond acceptors (Lipinski definition) is 1. The monoisotopic (exact) mass is 244 g/mol. The predicted molar refractivity (Wildman–Crippen MR) is 77.8 cm³/mol. The van der Waals surface area contributed by atoms with E-state index in [-0.39, 0.29) is 5.60 Å². The molecule has 0 saturated heterocycles. The lowest BCUT2D eigenvalue weighted by atomic mass is 10.1. The highest BCUT2D eigenvalue weighted by Crippen LogP contribution is 2.18. The maximum absolute atomic E-state index is 5.77. The van der Waals surface area contributed by atoms with Crippen LogP contribution in [-0.4, -0.2) is 5.60 Å². The molecule has 0 aromatic heterocycles. The summed E-state index contributed by atoms with van der Waals surface area (Å²) < 4.78 is 5.77. The normalized spacial score (nSPS) is 10.7. The molecule has 1 aromatic rings. The highest BCUT2D eigenvalue weighted by Gasteiger charge is 2.10. The van der Waals surface area contributed by atoms with Gasteiger partial charge < -0.3 is 4.74 Å². The molecule has 0 aliphatic carbocycles. The second-order valence-corrected chi connectivity index (χ2v) is 5.50. The van der Waals surface area contributed by atoms with Crippen molar-refractivity contribution in [3.8, 4) is 17.6 Å². The third-order valence-electron chi connectivity index (χ3n) is 2.42. The highest BCUT2D eigenvalue weighted by molar-refractivity contribution is 5.38. The fourth-order valence-corrected chi connectivity index (χ4v) is 1.59. The first-order chi connectivity index (χ1) is 8.51. The standard InChI is InChI=1S/C17H24O/c1-5-6-7-8-9-10-15-11-13-16(14-12-15)18-17(2,3)4/h11-14H,5-8H2,1-4H3. The molecule has 1 nitrogen and oxygen atoms in total. The van der Waals surface area contributed by atoms with Crippen molar-refractivity contribution in [2.24, 2.45) is 0 Å². The van der Waals surface area contributed by atoms with Gasteiger partial charge in [-0.1, -0.05) is 31.6 Å². The molecule has 0 bridgehead atoms. The summed E-state index contributed by atoms with van der Waals surface area (Å²) in [6.45, 7) is 8.36. The summed E-state index contributed by atoms with van der Waals surface area (Å²) >= 11 is 0. The summed E-state index contributed by atoms with van der Waals surface area (Å²) in [5.41, 5.74) is 0.917. The Morgan fingerprint density at radius 2 is 1.72 bits per heavy atom. The van der Waals surface area contributed by atoms with Gasteiger partial charge in [-0.25, -0.2) is 0 Å². The van der Waals surface area contributed by atoms with Gasteiger partial charge in [-0.2, -0.15) is 0 Å². The minimum Gasteiger partial charge on any atom is -0.488 e. The molecule has 1 rings (SSSR count). The van der Waals surface area contributed by atoms with Gasteiger partial charge in [0.25, 0.3) is 0 Å². The average Bonchev–Trinajstić information content (AvgIpc) is 2.29. The van der Waals surface area contributed by atoms with Crippen LogP contribution in [0.25, 0.3) is 0 Å². The largest absolute Gasteiger partial charge is 0.488 e. The van der Waals surface area contributed by atoms with E-state index < -0.39 is 0 Å². The average molecular weight is 244 g/mol. The number of rotatable bonds is 4. The number of ether oxygens (including phenoxy) is 1. The van der Waals surface area contributed by atoms with E-state index in [0.29, 0.717) is 0 Å². The van der Waals surface area contributed by atoms with Gasteiger partial charge in [-0.05, 0) is 51.5 Å². The molecule has 0 N–H and O–H groups in total. The molecule has 98 valence electrons. The number of unbranched alkanes of at least 4 members (excludes halogenated alkanes) is 3. The first kappa shape index (κ1) is 14.6. The molecule has 0 unspecified atom stereocenters. The van der Waals surface area contributed by atoms with Crippen molar-refractivity contribution in [1.29, 1.82) is 0 Å². The summed E-state index contributed by atoms with van der Waals surface area (Å²) in [6, 6.07) is 8.02. The van der Waals surface area contributed by atoms with Crippen LogP contribution >= 0.6 is 0 Å². The molecule has 0 amide bonds. The van der Waals surface area contributed by atoms with Crippen LogP contribution < -0.4 is 4.74 Å². The summed E-state index contributed by atoms with van der Waals surface area (Å²) in [4.78, 5) is 0. The molecule has 0 radical (unpaired) electrons. The van der Waals surface area contributed by atoms with Crippen molar-refractivity contribution in [2.45, 2.75) is 59.0 Å². The SMILES string of the molecule is CCCCCC#Cc1ccc(OC(C)(C)C)cc1. The van der Waals surface area contributed by atoms with E-state index in [1.54, 1.807) is 0 Å². The maximum Gasteiger partial charge on any atom is 0.120 e. The van der Waals surface area contributed by atoms with E-state index in [9.17, 15) is 0 Å². The van der Waals surface area contributed by atoms with Crippen molar-refractivity contribution in [1.82, 2.24) is 0 Å². The van der Waals surface area contributed by atoms with E-state index in [2.05, 4.69) is 39.5 Å². The summed E-state index contributed by atoms with van der Waals surface area (Å²) in [7, 11) is 0. The molecule has 18 heavy (non-hydrogen) atoms. The van der Waals surface area contributed by atoms with Gasteiger partial charge in [0.05, 0.1) is 0 Å². The third-order valence-corrected chi connectivity index (χ3v) is 2.42. The van der Waals surface area contributed by atoms with Gasteiger partial charge in [-0.3, -0.25) is 0 Å². The zero-order valence-electron chi connectivity index (χ0n) is 12.0. The molecule has 0 saturated carbocycles. The van der Waals surface area contributed by atoms with E-state index in [4.69, 9.17) is 4.74 Å². The molecule has 0 atom stereocenters. The van der Waals surface area contributed by atoms with Gasteiger partial charge in [0.15, 0.2) is 0 Å². The molecule has 0 spiro atoms. The van der Waals surface area contributed by atoms with Gasteiger partial charge in [0.2, 0.25) is 0 Å². The minimum absolute atomic E-state index is 0.145. The third kappa shape index (κ3) is 6.35. The van der Waals surface area contributed by atoms with Gasteiger partial charge >= 0.3 is 0 Å². The Morgan fingerprint density at radius 1 is 1.06 bits per heavy atom. The van der Waals surface area contributed by atoms with E-state index in [0.717, 1.165) is 17.7 Å². The van der Waals surface area contributed by atoms with Crippen molar-refractivity contribution in [2.75, 3.05) is 0 Å². The Hall–Kier alpha value is -1.42. The van der Waals surface area contributed by atoms with Crippen LogP contribution in [-0.2, 0) is 0 Å². The topological polar surface area (TPSA) is 9.23 Å². The molecule has 0 aliphatic heterocycles. The molecular weight excluding hydrogens is 220 g/mol. The molecule has 1 aromatic carbocycles. The van der Waals surface area contributed by atoms with E-state index in [1.807, 2.05) is 24.3 Å². The number of hydrogen-bond donors (Lipinski definition) is 0. The van der Waals surface area contributed by atoms with Crippen LogP contribution in [0.4, 0.5) is 0 Å². The zero-order chi connectivity index (χ0) is 13.4. The first-order valence-electron chi connectivity index (χ1n) is 6.79. The molecule has 1 heteroatoms. The van der Waals surface area contributed by atoms with Crippen LogP contribution in [0.3, 0.4) is 0 Å². The van der Waals surface area contributed by atoms with Gasteiger partial charge in [0, 0.05) is 12.0 Å². The zero-order valence-corrected chi connectivity index (χ0v) is 12.0. The van der Waals surface area contributed by atoms with Crippen molar-refractivity contribution in [3.05, 3.63) is 29.8 Å². The van der Waals surface area contributed by atoms with Crippen LogP contribution in [0.5, 0.6) is 5.75 Å². The fourth-order valence-electron chi connectivity index (χ4n) is 1.59. The summed E-state index contributed by atoms with van der Waals surface area (Å²) in [6.07, 6.45) is 4.72. The second-order valence-electron chi connectivity index (χ2n) is 5.50. The molecule has 0 fully saturated rings. The molecule has 0 aliphatic rings. The lowest BCUT2D eigenvalue weighted by molar-refractivity contribution is 0.131. The first-order valence-corrected chi connectivity index (χ1v) is 6.79. The predicted octanol–water partition coefficient (Wildman–Crippen LogP) is 4.80. The highest BCUT2D eigenvalue weighted by atomic mass is 16.5. The van der Waals surface area contributed by atoms with E-state index in [1.165, 1.54) is 19.3 Å². The van der Waals surface area contributed by atoms with Crippen molar-refractivity contribution in [3.63, 3.8) is 0 Å². The Balaban J connectivity index is 2.50. The van der Waals surface area contributed by atoms with Crippen LogP contribution in [0.2, 0.25) is 0 Å². The fraction of sp³-hybridized carbons (Fsp3) is 0.529. The lowest BCUT2D eigenvalue weighted by Gasteiger charge is -2.21. The Labute approximate surface area is 112 Å².